The van der Waals surface area contributed by atoms with Crippen LogP contribution < -0.4 is 10.6 Å². The van der Waals surface area contributed by atoms with Gasteiger partial charge in [0.1, 0.15) is 0 Å². The summed E-state index contributed by atoms with van der Waals surface area (Å²) in [6.45, 7) is 4.56. The SMILES string of the molecule is CC(C)c1ccc(NC(=O)CNc2ccccc2)cc1. The van der Waals surface area contributed by atoms with E-state index < -0.39 is 0 Å². The van der Waals surface area contributed by atoms with E-state index in [-0.39, 0.29) is 12.5 Å². The van der Waals surface area contributed by atoms with E-state index in [1.807, 2.05) is 54.6 Å². The molecule has 1 amide bonds. The van der Waals surface area contributed by atoms with Crippen molar-refractivity contribution >= 4 is 17.3 Å². The Balaban J connectivity index is 1.85. The molecule has 0 heterocycles. The molecular weight excluding hydrogens is 248 g/mol. The van der Waals surface area contributed by atoms with Crippen molar-refractivity contribution in [1.82, 2.24) is 0 Å². The Hall–Kier alpha value is -2.29. The Morgan fingerprint density at radius 1 is 0.950 bits per heavy atom. The largest absolute Gasteiger partial charge is 0.376 e. The fraction of sp³-hybridized carbons (Fsp3) is 0.235. The topological polar surface area (TPSA) is 41.1 Å². The number of para-hydroxylation sites is 1. The molecular formula is C17H20N2O. The van der Waals surface area contributed by atoms with Gasteiger partial charge < -0.3 is 10.6 Å². The van der Waals surface area contributed by atoms with E-state index in [0.29, 0.717) is 5.92 Å². The first-order valence-electron chi connectivity index (χ1n) is 6.84. The third kappa shape index (κ3) is 4.12. The number of rotatable bonds is 5. The molecule has 2 aromatic rings. The van der Waals surface area contributed by atoms with Gasteiger partial charge in [0.2, 0.25) is 5.91 Å². The van der Waals surface area contributed by atoms with Gasteiger partial charge in [-0.25, -0.2) is 0 Å². The summed E-state index contributed by atoms with van der Waals surface area (Å²) in [5, 5.41) is 5.96. The van der Waals surface area contributed by atoms with Gasteiger partial charge in [0, 0.05) is 11.4 Å². The highest BCUT2D eigenvalue weighted by Gasteiger charge is 2.03. The van der Waals surface area contributed by atoms with Crippen molar-refractivity contribution in [2.45, 2.75) is 19.8 Å². The summed E-state index contributed by atoms with van der Waals surface area (Å²) in [7, 11) is 0. The number of hydrogen-bond donors (Lipinski definition) is 2. The molecule has 2 aromatic carbocycles. The molecule has 20 heavy (non-hydrogen) atoms. The first-order chi connectivity index (χ1) is 9.65. The molecule has 0 aliphatic heterocycles. The second-order valence-electron chi connectivity index (χ2n) is 5.04. The Kier molecular flexibility index (Phi) is 4.77. The molecule has 2 rings (SSSR count). The van der Waals surface area contributed by atoms with Crippen molar-refractivity contribution in [1.29, 1.82) is 0 Å². The van der Waals surface area contributed by atoms with E-state index in [1.165, 1.54) is 5.56 Å². The van der Waals surface area contributed by atoms with Crippen molar-refractivity contribution in [2.75, 3.05) is 17.2 Å². The van der Waals surface area contributed by atoms with Crippen LogP contribution in [0.4, 0.5) is 11.4 Å². The fourth-order valence-corrected chi connectivity index (χ4v) is 1.89. The summed E-state index contributed by atoms with van der Waals surface area (Å²) in [5.41, 5.74) is 3.04. The molecule has 0 spiro atoms. The number of carbonyl (C=O) groups is 1. The highest BCUT2D eigenvalue weighted by molar-refractivity contribution is 5.93. The quantitative estimate of drug-likeness (QED) is 0.864. The Morgan fingerprint density at radius 3 is 2.20 bits per heavy atom. The highest BCUT2D eigenvalue weighted by atomic mass is 16.1. The second-order valence-corrected chi connectivity index (χ2v) is 5.04. The zero-order chi connectivity index (χ0) is 14.4. The van der Waals surface area contributed by atoms with Gasteiger partial charge in [-0.3, -0.25) is 4.79 Å². The molecule has 2 N–H and O–H groups in total. The maximum Gasteiger partial charge on any atom is 0.243 e. The van der Waals surface area contributed by atoms with Crippen LogP contribution in [0.5, 0.6) is 0 Å². The normalized spacial score (nSPS) is 10.3. The maximum atomic E-state index is 11.8. The number of carbonyl (C=O) groups excluding carboxylic acids is 1. The molecule has 0 bridgehead atoms. The minimum absolute atomic E-state index is 0.0499. The van der Waals surface area contributed by atoms with Crippen LogP contribution in [0, 0.1) is 0 Å². The van der Waals surface area contributed by atoms with Gasteiger partial charge >= 0.3 is 0 Å². The second kappa shape index (κ2) is 6.75. The predicted molar refractivity (Wildman–Crippen MR) is 84.1 cm³/mol. The molecule has 0 aliphatic carbocycles. The molecule has 3 nitrogen and oxygen atoms in total. The Morgan fingerprint density at radius 2 is 1.60 bits per heavy atom. The van der Waals surface area contributed by atoms with Crippen molar-refractivity contribution in [3.05, 3.63) is 60.2 Å². The fourth-order valence-electron chi connectivity index (χ4n) is 1.89. The van der Waals surface area contributed by atoms with Crippen LogP contribution in [-0.2, 0) is 4.79 Å². The van der Waals surface area contributed by atoms with Crippen LogP contribution in [0.15, 0.2) is 54.6 Å². The van der Waals surface area contributed by atoms with E-state index in [1.54, 1.807) is 0 Å². The average Bonchev–Trinajstić information content (AvgIpc) is 2.47. The van der Waals surface area contributed by atoms with E-state index in [9.17, 15) is 4.79 Å². The summed E-state index contributed by atoms with van der Waals surface area (Å²) in [6, 6.07) is 17.7. The Bertz CT molecular complexity index is 547. The lowest BCUT2D eigenvalue weighted by Gasteiger charge is -2.09. The van der Waals surface area contributed by atoms with Crippen LogP contribution >= 0.6 is 0 Å². The Labute approximate surface area is 120 Å². The van der Waals surface area contributed by atoms with Crippen molar-refractivity contribution in [3.8, 4) is 0 Å². The predicted octanol–water partition coefficient (Wildman–Crippen LogP) is 3.86. The molecule has 0 aromatic heterocycles. The van der Waals surface area contributed by atoms with Crippen LogP contribution in [0.3, 0.4) is 0 Å². The first-order valence-corrected chi connectivity index (χ1v) is 6.84. The smallest absolute Gasteiger partial charge is 0.243 e. The van der Waals surface area contributed by atoms with E-state index in [0.717, 1.165) is 11.4 Å². The number of amides is 1. The van der Waals surface area contributed by atoms with Gasteiger partial charge in [0.25, 0.3) is 0 Å². The van der Waals surface area contributed by atoms with Crippen molar-refractivity contribution < 1.29 is 4.79 Å². The van der Waals surface area contributed by atoms with Gasteiger partial charge in [0.15, 0.2) is 0 Å². The van der Waals surface area contributed by atoms with E-state index in [4.69, 9.17) is 0 Å². The standard InChI is InChI=1S/C17H20N2O/c1-13(2)14-8-10-16(11-9-14)19-17(20)12-18-15-6-4-3-5-7-15/h3-11,13,18H,12H2,1-2H3,(H,19,20). The molecule has 0 radical (unpaired) electrons. The molecule has 0 saturated carbocycles. The van der Waals surface area contributed by atoms with E-state index >= 15 is 0 Å². The first kappa shape index (κ1) is 14.1. The van der Waals surface area contributed by atoms with Crippen LogP contribution in [0.2, 0.25) is 0 Å². The monoisotopic (exact) mass is 268 g/mol. The molecule has 104 valence electrons. The minimum atomic E-state index is -0.0499. The lowest BCUT2D eigenvalue weighted by atomic mass is 10.0. The molecule has 0 fully saturated rings. The van der Waals surface area contributed by atoms with Gasteiger partial charge in [-0.1, -0.05) is 44.2 Å². The number of benzene rings is 2. The molecule has 0 saturated heterocycles. The average molecular weight is 268 g/mol. The lowest BCUT2D eigenvalue weighted by Crippen LogP contribution is -2.21. The molecule has 0 unspecified atom stereocenters. The summed E-state index contributed by atoms with van der Waals surface area (Å²) in [5.74, 6) is 0.450. The summed E-state index contributed by atoms with van der Waals surface area (Å²) < 4.78 is 0. The summed E-state index contributed by atoms with van der Waals surface area (Å²) in [4.78, 5) is 11.8. The van der Waals surface area contributed by atoms with Crippen LogP contribution in [0.25, 0.3) is 0 Å². The van der Waals surface area contributed by atoms with Gasteiger partial charge in [-0.05, 0) is 35.7 Å². The van der Waals surface area contributed by atoms with Crippen molar-refractivity contribution in [3.63, 3.8) is 0 Å². The number of anilines is 2. The van der Waals surface area contributed by atoms with E-state index in [2.05, 4.69) is 24.5 Å². The summed E-state index contributed by atoms with van der Waals surface area (Å²) >= 11 is 0. The highest BCUT2D eigenvalue weighted by Crippen LogP contribution is 2.17. The third-order valence-corrected chi connectivity index (χ3v) is 3.09. The van der Waals surface area contributed by atoms with Gasteiger partial charge in [-0.2, -0.15) is 0 Å². The molecule has 0 aliphatic rings. The van der Waals surface area contributed by atoms with Gasteiger partial charge in [-0.15, -0.1) is 0 Å². The van der Waals surface area contributed by atoms with Crippen LogP contribution in [0.1, 0.15) is 25.3 Å². The third-order valence-electron chi connectivity index (χ3n) is 3.09. The maximum absolute atomic E-state index is 11.8. The number of nitrogens with one attached hydrogen (secondary N) is 2. The van der Waals surface area contributed by atoms with Crippen molar-refractivity contribution in [2.24, 2.45) is 0 Å². The zero-order valence-corrected chi connectivity index (χ0v) is 11.9. The summed E-state index contributed by atoms with van der Waals surface area (Å²) in [6.07, 6.45) is 0. The zero-order valence-electron chi connectivity index (χ0n) is 11.9. The number of hydrogen-bond acceptors (Lipinski definition) is 2. The molecule has 0 atom stereocenters. The molecule has 3 heteroatoms. The van der Waals surface area contributed by atoms with Gasteiger partial charge in [0.05, 0.1) is 6.54 Å². The van der Waals surface area contributed by atoms with Crippen LogP contribution in [-0.4, -0.2) is 12.5 Å². The lowest BCUT2D eigenvalue weighted by molar-refractivity contribution is -0.114. The minimum Gasteiger partial charge on any atom is -0.376 e.